The number of methoxy groups -OCH3 is 1. The van der Waals surface area contributed by atoms with E-state index in [1.165, 1.54) is 6.08 Å². The Morgan fingerprint density at radius 1 is 1.60 bits per heavy atom. The van der Waals surface area contributed by atoms with Crippen molar-refractivity contribution in [1.82, 2.24) is 0 Å². The third kappa shape index (κ3) is 3.65. The van der Waals surface area contributed by atoms with E-state index in [1.807, 2.05) is 0 Å². The van der Waals surface area contributed by atoms with Gasteiger partial charge in [0.2, 0.25) is 0 Å². The van der Waals surface area contributed by atoms with Gasteiger partial charge in [0.1, 0.15) is 0 Å². The third-order valence-corrected chi connectivity index (χ3v) is 0.675. The zero-order valence-corrected chi connectivity index (χ0v) is 5.62. The average Bonchev–Trinajstić information content (AvgIpc) is 1.88. The van der Waals surface area contributed by atoms with Crippen LogP contribution in [-0.4, -0.2) is 19.2 Å². The lowest BCUT2D eigenvalue weighted by molar-refractivity contribution is -0.138. The van der Waals surface area contributed by atoms with Crippen molar-refractivity contribution in [2.24, 2.45) is 0 Å². The monoisotopic (exact) mass is 144 g/mol. The molecule has 0 aliphatic carbocycles. The molecule has 0 N–H and O–H groups in total. The van der Waals surface area contributed by atoms with Crippen molar-refractivity contribution in [1.29, 1.82) is 0 Å². The largest absolute Gasteiger partial charge is 0.515 e. The van der Waals surface area contributed by atoms with Crippen molar-refractivity contribution in [2.45, 2.75) is 6.42 Å². The quantitative estimate of drug-likeness (QED) is 0.328. The third-order valence-electron chi connectivity index (χ3n) is 0.675. The van der Waals surface area contributed by atoms with Crippen molar-refractivity contribution < 1.29 is 19.1 Å². The lowest BCUT2D eigenvalue weighted by Gasteiger charge is -1.96. The van der Waals surface area contributed by atoms with E-state index in [4.69, 9.17) is 0 Å². The zero-order valence-electron chi connectivity index (χ0n) is 5.62. The molecule has 0 fully saturated rings. The van der Waals surface area contributed by atoms with Crippen LogP contribution in [0, 0.1) is 0 Å². The minimum Gasteiger partial charge on any atom is -0.437 e. The summed E-state index contributed by atoms with van der Waals surface area (Å²) in [6.07, 6.45) is 0.354. The molecule has 0 saturated heterocycles. The van der Waals surface area contributed by atoms with Gasteiger partial charge < -0.3 is 9.47 Å². The van der Waals surface area contributed by atoms with Gasteiger partial charge in [-0.15, -0.1) is 6.58 Å². The number of carbonyl (C=O) groups excluding carboxylic acids is 2. The SMILES string of the molecule is C=CCC(=O)OC(=O)OC. The van der Waals surface area contributed by atoms with Gasteiger partial charge in [-0.2, -0.15) is 0 Å². The van der Waals surface area contributed by atoms with Gasteiger partial charge >= 0.3 is 12.1 Å². The maximum Gasteiger partial charge on any atom is 0.515 e. The van der Waals surface area contributed by atoms with Gasteiger partial charge in [-0.3, -0.25) is 4.79 Å². The number of esters is 1. The highest BCUT2D eigenvalue weighted by atomic mass is 16.7. The van der Waals surface area contributed by atoms with E-state index in [0.29, 0.717) is 0 Å². The normalized spacial score (nSPS) is 8.10. The minimum absolute atomic E-state index is 0.00903. The van der Waals surface area contributed by atoms with Crippen LogP contribution in [0.25, 0.3) is 0 Å². The van der Waals surface area contributed by atoms with Crippen LogP contribution in [0.4, 0.5) is 4.79 Å². The second kappa shape index (κ2) is 4.55. The maximum absolute atomic E-state index is 10.4. The summed E-state index contributed by atoms with van der Waals surface area (Å²) < 4.78 is 8.12. The van der Waals surface area contributed by atoms with E-state index in [0.717, 1.165) is 7.11 Å². The van der Waals surface area contributed by atoms with E-state index in [9.17, 15) is 9.59 Å². The molecule has 0 amide bonds. The van der Waals surface area contributed by atoms with Crippen molar-refractivity contribution in [3.8, 4) is 0 Å². The predicted molar refractivity (Wildman–Crippen MR) is 33.3 cm³/mol. The number of hydrogen-bond acceptors (Lipinski definition) is 4. The first-order valence-electron chi connectivity index (χ1n) is 2.60. The molecule has 0 aromatic rings. The van der Waals surface area contributed by atoms with E-state index in [2.05, 4.69) is 16.1 Å². The summed E-state index contributed by atoms with van der Waals surface area (Å²) >= 11 is 0. The van der Waals surface area contributed by atoms with Crippen LogP contribution in [0.1, 0.15) is 6.42 Å². The minimum atomic E-state index is -0.994. The first-order valence-corrected chi connectivity index (χ1v) is 2.60. The molecule has 4 heteroatoms. The molecule has 10 heavy (non-hydrogen) atoms. The molecule has 0 aromatic carbocycles. The van der Waals surface area contributed by atoms with Crippen LogP contribution in [0.5, 0.6) is 0 Å². The first kappa shape index (κ1) is 8.68. The average molecular weight is 144 g/mol. The smallest absolute Gasteiger partial charge is 0.437 e. The van der Waals surface area contributed by atoms with E-state index < -0.39 is 12.1 Å². The molecule has 0 atom stereocenters. The fourth-order valence-electron chi connectivity index (χ4n) is 0.294. The highest BCUT2D eigenvalue weighted by molar-refractivity contribution is 5.82. The molecule has 0 unspecified atom stereocenters. The molecule has 0 bridgehead atoms. The molecule has 0 aliphatic rings. The summed E-state index contributed by atoms with van der Waals surface area (Å²) in [5.74, 6) is -0.665. The Bertz CT molecular complexity index is 150. The Kier molecular flexibility index (Phi) is 3.95. The standard InChI is InChI=1S/C6H8O4/c1-3-4-5(7)10-6(8)9-2/h3H,1,4H2,2H3. The summed E-state index contributed by atoms with van der Waals surface area (Å²) in [7, 11) is 1.13. The molecule has 0 radical (unpaired) electrons. The van der Waals surface area contributed by atoms with E-state index in [1.54, 1.807) is 0 Å². The van der Waals surface area contributed by atoms with Crippen molar-refractivity contribution in [3.05, 3.63) is 12.7 Å². The lowest BCUT2D eigenvalue weighted by Crippen LogP contribution is -2.10. The molecule has 0 spiro atoms. The summed E-state index contributed by atoms with van der Waals surface area (Å²) in [6, 6.07) is 0. The van der Waals surface area contributed by atoms with Gasteiger partial charge in [-0.25, -0.2) is 4.79 Å². The van der Waals surface area contributed by atoms with E-state index >= 15 is 0 Å². The fourth-order valence-corrected chi connectivity index (χ4v) is 0.294. The number of hydrogen-bond donors (Lipinski definition) is 0. The van der Waals surface area contributed by atoms with Crippen molar-refractivity contribution >= 4 is 12.1 Å². The Morgan fingerprint density at radius 3 is 2.60 bits per heavy atom. The van der Waals surface area contributed by atoms with Crippen LogP contribution < -0.4 is 0 Å². The summed E-state index contributed by atoms with van der Waals surface area (Å²) in [5.41, 5.74) is 0. The second-order valence-corrected chi connectivity index (χ2v) is 1.42. The summed E-state index contributed by atoms with van der Waals surface area (Å²) in [4.78, 5) is 20.6. The van der Waals surface area contributed by atoms with Gasteiger partial charge in [0, 0.05) is 0 Å². The highest BCUT2D eigenvalue weighted by Gasteiger charge is 2.06. The molecule has 0 saturated carbocycles. The van der Waals surface area contributed by atoms with Crippen LogP contribution in [0.15, 0.2) is 12.7 Å². The molecule has 0 aliphatic heterocycles. The molecule has 4 nitrogen and oxygen atoms in total. The zero-order chi connectivity index (χ0) is 7.98. The van der Waals surface area contributed by atoms with Crippen LogP contribution in [0.2, 0.25) is 0 Å². The van der Waals surface area contributed by atoms with Crippen molar-refractivity contribution in [2.75, 3.05) is 7.11 Å². The van der Waals surface area contributed by atoms with Crippen molar-refractivity contribution in [3.63, 3.8) is 0 Å². The Morgan fingerprint density at radius 2 is 2.20 bits per heavy atom. The Balaban J connectivity index is 3.57. The Hall–Kier alpha value is -1.32. The number of ether oxygens (including phenoxy) is 2. The highest BCUT2D eigenvalue weighted by Crippen LogP contribution is 1.88. The first-order chi connectivity index (χ1) is 4.70. The molecule has 0 heterocycles. The van der Waals surface area contributed by atoms with Crippen LogP contribution >= 0.6 is 0 Å². The summed E-state index contributed by atoms with van der Waals surface area (Å²) in [6.45, 7) is 3.28. The predicted octanol–water partition coefficient (Wildman–Crippen LogP) is 0.872. The van der Waals surface area contributed by atoms with Gasteiger partial charge in [-0.1, -0.05) is 6.08 Å². The molecule has 0 aromatic heterocycles. The maximum atomic E-state index is 10.4. The number of carbonyl (C=O) groups is 2. The van der Waals surface area contributed by atoms with Gasteiger partial charge in [0.25, 0.3) is 0 Å². The molecule has 56 valence electrons. The lowest BCUT2D eigenvalue weighted by atomic mass is 10.4. The van der Waals surface area contributed by atoms with E-state index in [-0.39, 0.29) is 6.42 Å². The van der Waals surface area contributed by atoms with Crippen LogP contribution in [-0.2, 0) is 14.3 Å². The van der Waals surface area contributed by atoms with Crippen LogP contribution in [0.3, 0.4) is 0 Å². The Labute approximate surface area is 58.4 Å². The topological polar surface area (TPSA) is 52.6 Å². The molecule has 0 rings (SSSR count). The number of rotatable bonds is 2. The second-order valence-electron chi connectivity index (χ2n) is 1.42. The molecular formula is C6H8O4. The van der Waals surface area contributed by atoms with Gasteiger partial charge in [0.15, 0.2) is 0 Å². The van der Waals surface area contributed by atoms with Gasteiger partial charge in [0.05, 0.1) is 13.5 Å². The fraction of sp³-hybridized carbons (Fsp3) is 0.333. The molecular weight excluding hydrogens is 136 g/mol. The van der Waals surface area contributed by atoms with Gasteiger partial charge in [-0.05, 0) is 0 Å². The summed E-state index contributed by atoms with van der Waals surface area (Å²) in [5, 5.41) is 0.